The average Bonchev–Trinajstić information content (AvgIpc) is 1.52. The monoisotopic (exact) mass is 1310 g/mol. The van der Waals surface area contributed by atoms with Gasteiger partial charge in [-0.2, -0.15) is 11.8 Å². The number of thioether (sulfide) groups is 1. The highest BCUT2D eigenvalue weighted by molar-refractivity contribution is 7.99. The molecule has 0 aliphatic rings. The van der Waals surface area contributed by atoms with Crippen LogP contribution < -0.4 is 0 Å². The summed E-state index contributed by atoms with van der Waals surface area (Å²) < 4.78 is 49.3. The minimum Gasteiger partial charge on any atom is -0.481 e. The molecule has 0 aromatic carbocycles. The number of carbonyl (C=O) groups excluding carboxylic acids is 6. The van der Waals surface area contributed by atoms with E-state index in [0.29, 0.717) is 37.4 Å². The van der Waals surface area contributed by atoms with Crippen LogP contribution in [-0.2, 0) is 85.7 Å². The fourth-order valence-electron chi connectivity index (χ4n) is 7.72. The van der Waals surface area contributed by atoms with E-state index in [9.17, 15) is 43.5 Å². The Bertz CT molecular complexity index is 1770. The van der Waals surface area contributed by atoms with Crippen LogP contribution >= 0.6 is 11.8 Å². The number of esters is 6. The van der Waals surface area contributed by atoms with E-state index in [4.69, 9.17) is 52.8 Å². The highest BCUT2D eigenvalue weighted by Gasteiger charge is 2.37. The Hall–Kier alpha value is -4.09. The first-order valence-electron chi connectivity index (χ1n) is 33.2. The fraction of sp³-hybridized carbons (Fsp3) is 0.882. The molecule has 90 heavy (non-hydrogen) atoms. The molecule has 0 saturated carbocycles. The van der Waals surface area contributed by atoms with Gasteiger partial charge in [-0.3, -0.25) is 38.4 Å². The number of carboxylic acid groups (broad SMARTS) is 2. The molecule has 0 saturated heterocycles. The van der Waals surface area contributed by atoms with Crippen molar-refractivity contribution in [1.82, 2.24) is 0 Å². The molecule has 0 aromatic rings. The Morgan fingerprint density at radius 2 is 0.933 bits per heavy atom. The highest BCUT2D eigenvalue weighted by Crippen LogP contribution is 2.25. The molecule has 21 nitrogen and oxygen atoms in total. The fourth-order valence-corrected chi connectivity index (χ4v) is 8.80. The SMILES string of the molecule is CCC(C)C(=O)OCC(O)COC(=O)CCSCC(C)(C)C(=O)OC.CCC(C)C(=O)OCCOC(=O)CCC(=O)O.CCC(CCCCCCCOC)CCOC.CCC(COC)(COC)C(=O)O.CCCCCCCCCCCCOC(=O)C(C)(C)CC. The minimum atomic E-state index is -1.05. The third kappa shape index (κ3) is 57.8. The predicted molar refractivity (Wildman–Crippen MR) is 354 cm³/mol. The van der Waals surface area contributed by atoms with Gasteiger partial charge in [-0.1, -0.05) is 152 Å². The summed E-state index contributed by atoms with van der Waals surface area (Å²) in [6.07, 6.45) is 25.1. The van der Waals surface area contributed by atoms with Crippen molar-refractivity contribution in [1.29, 1.82) is 0 Å². The second kappa shape index (κ2) is 63.7. The number of carbonyl (C=O) groups is 8. The summed E-state index contributed by atoms with van der Waals surface area (Å²) in [5.74, 6) is -2.50. The topological polar surface area (TPSA) is 290 Å². The number of rotatable bonds is 51. The summed E-state index contributed by atoms with van der Waals surface area (Å²) >= 11 is 1.45. The van der Waals surface area contributed by atoms with Gasteiger partial charge >= 0.3 is 47.8 Å². The van der Waals surface area contributed by atoms with Gasteiger partial charge in [0.25, 0.3) is 0 Å². The van der Waals surface area contributed by atoms with E-state index in [1.54, 1.807) is 41.9 Å². The van der Waals surface area contributed by atoms with Crippen LogP contribution in [0.1, 0.15) is 244 Å². The predicted octanol–water partition coefficient (Wildman–Crippen LogP) is 13.5. The second-order valence-electron chi connectivity index (χ2n) is 24.0. The van der Waals surface area contributed by atoms with Crippen LogP contribution in [0.3, 0.4) is 0 Å². The second-order valence-corrected chi connectivity index (χ2v) is 25.1. The zero-order valence-electron chi connectivity index (χ0n) is 59.4. The quantitative estimate of drug-likeness (QED) is 0.0290. The molecule has 0 amide bonds. The normalized spacial score (nSPS) is 12.4. The van der Waals surface area contributed by atoms with Gasteiger partial charge in [-0.25, -0.2) is 0 Å². The maximum absolute atomic E-state index is 11.7. The Morgan fingerprint density at radius 1 is 0.456 bits per heavy atom. The smallest absolute Gasteiger partial charge is 0.314 e. The van der Waals surface area contributed by atoms with Gasteiger partial charge in [0, 0.05) is 53.2 Å². The molecule has 22 heteroatoms. The lowest BCUT2D eigenvalue weighted by molar-refractivity contribution is -0.157. The number of hydrogen-bond donors (Lipinski definition) is 3. The summed E-state index contributed by atoms with van der Waals surface area (Å²) in [7, 11) is 7.90. The zero-order valence-corrected chi connectivity index (χ0v) is 60.2. The molecule has 0 spiro atoms. The molecule has 0 aromatic heterocycles. The zero-order chi connectivity index (χ0) is 69.7. The van der Waals surface area contributed by atoms with E-state index in [0.717, 1.165) is 32.0 Å². The standard InChI is InChI=1S/C18H36O2.C17H30O7S.C14H30O2.C11H18O6.C8H16O4/c1-5-7-8-9-10-11-12-13-14-15-16-20-17(19)18(3,4)6-2;1-6-12(2)15(20)24-10-13(18)9-23-14(19)7-8-25-11-17(3,4)16(21)22-5;1-4-14(11-13-16-3)10-8-6-5-7-9-12-15-2;1-3-8(2)11(15)17-7-6-16-10(14)5-4-9(12)13;1-4-8(5-11-2,6-12-3)7(9)10/h5-16H2,1-4H3;12-13,18H,6-11H2,1-5H3;14H,4-13H2,1-3H3;8H,3-7H2,1-2H3,(H,12,13);4-6H2,1-3H3,(H,9,10). The third-order valence-electron chi connectivity index (χ3n) is 15.1. The summed E-state index contributed by atoms with van der Waals surface area (Å²) in [5, 5.41) is 26.9. The number of ether oxygens (including phenoxy) is 10. The number of carboxylic acids is 2. The summed E-state index contributed by atoms with van der Waals surface area (Å²) in [4.78, 5) is 89.5. The molecular formula is C68H130O21S. The van der Waals surface area contributed by atoms with Crippen molar-refractivity contribution in [2.75, 3.05) is 107 Å². The summed E-state index contributed by atoms with van der Waals surface area (Å²) in [6, 6.07) is 0. The van der Waals surface area contributed by atoms with Gasteiger partial charge < -0.3 is 62.7 Å². The van der Waals surface area contributed by atoms with Gasteiger partial charge in [0.2, 0.25) is 0 Å². The molecule has 0 aliphatic heterocycles. The largest absolute Gasteiger partial charge is 0.481 e. The van der Waals surface area contributed by atoms with Crippen LogP contribution in [0.2, 0.25) is 0 Å². The molecular weight excluding hydrogens is 1180 g/mol. The molecule has 0 fully saturated rings. The summed E-state index contributed by atoms with van der Waals surface area (Å²) in [6.45, 7) is 25.5. The van der Waals surface area contributed by atoms with Crippen molar-refractivity contribution in [3.05, 3.63) is 0 Å². The van der Waals surface area contributed by atoms with E-state index in [1.165, 1.54) is 142 Å². The highest BCUT2D eigenvalue weighted by atomic mass is 32.2. The van der Waals surface area contributed by atoms with Crippen molar-refractivity contribution < 1.29 is 101 Å². The first kappa shape index (κ1) is 94.6. The van der Waals surface area contributed by atoms with Gasteiger partial charge in [-0.05, 0) is 78.6 Å². The maximum atomic E-state index is 11.7. The molecule has 0 radical (unpaired) electrons. The molecule has 0 rings (SSSR count). The van der Waals surface area contributed by atoms with Crippen LogP contribution in [0.4, 0.5) is 0 Å². The number of hydrogen-bond acceptors (Lipinski definition) is 20. The Labute approximate surface area is 548 Å². The van der Waals surface area contributed by atoms with E-state index in [2.05, 4.69) is 18.6 Å². The molecule has 0 aliphatic carbocycles. The van der Waals surface area contributed by atoms with E-state index >= 15 is 0 Å². The van der Waals surface area contributed by atoms with Gasteiger partial charge in [0.05, 0.1) is 68.9 Å². The van der Waals surface area contributed by atoms with E-state index in [-0.39, 0.29) is 100 Å². The van der Waals surface area contributed by atoms with E-state index in [1.807, 2.05) is 41.5 Å². The van der Waals surface area contributed by atoms with Crippen LogP contribution in [0.15, 0.2) is 0 Å². The lowest BCUT2D eigenvalue weighted by Crippen LogP contribution is -2.39. The van der Waals surface area contributed by atoms with Crippen LogP contribution in [-0.4, -0.2) is 176 Å². The Kier molecular flexibility index (Phi) is 66.9. The van der Waals surface area contributed by atoms with Gasteiger partial charge in [0.1, 0.15) is 37.9 Å². The van der Waals surface area contributed by atoms with Crippen LogP contribution in [0.5, 0.6) is 0 Å². The van der Waals surface area contributed by atoms with Crippen molar-refractivity contribution >= 4 is 59.5 Å². The Balaban J connectivity index is -0.000000341. The van der Waals surface area contributed by atoms with Crippen molar-refractivity contribution in [3.8, 4) is 0 Å². The van der Waals surface area contributed by atoms with Crippen molar-refractivity contribution in [3.63, 3.8) is 0 Å². The van der Waals surface area contributed by atoms with Gasteiger partial charge in [0.15, 0.2) is 0 Å². The molecule has 4 atom stereocenters. The van der Waals surface area contributed by atoms with Crippen LogP contribution in [0.25, 0.3) is 0 Å². The minimum absolute atomic E-state index is 0.00197. The van der Waals surface area contributed by atoms with Gasteiger partial charge in [-0.15, -0.1) is 0 Å². The summed E-state index contributed by atoms with van der Waals surface area (Å²) in [5.41, 5.74) is -1.82. The van der Waals surface area contributed by atoms with Crippen molar-refractivity contribution in [2.45, 2.75) is 250 Å². The lowest BCUT2D eigenvalue weighted by atomic mass is 9.87. The Morgan fingerprint density at radius 3 is 1.39 bits per heavy atom. The number of methoxy groups -OCH3 is 5. The number of aliphatic hydroxyl groups is 1. The molecule has 3 N–H and O–H groups in total. The molecule has 534 valence electrons. The maximum Gasteiger partial charge on any atom is 0.314 e. The molecule has 0 heterocycles. The number of aliphatic hydroxyl groups excluding tert-OH is 1. The molecule has 4 unspecified atom stereocenters. The van der Waals surface area contributed by atoms with E-state index < -0.39 is 40.8 Å². The number of unbranched alkanes of at least 4 members (excludes halogenated alkanes) is 13. The van der Waals surface area contributed by atoms with Crippen molar-refractivity contribution in [2.24, 2.45) is 34.0 Å². The van der Waals surface area contributed by atoms with Crippen LogP contribution in [0, 0.1) is 34.0 Å². The first-order valence-corrected chi connectivity index (χ1v) is 34.3. The average molecular weight is 1320 g/mol. The third-order valence-corrected chi connectivity index (χ3v) is 16.5. The molecule has 0 bridgehead atoms. The lowest BCUT2D eigenvalue weighted by Gasteiger charge is -2.25. The number of aliphatic carboxylic acids is 2. The first-order chi connectivity index (χ1) is 42.6.